The number of β-lactam (4-membered cyclic amide) rings is 1. The number of ether oxygens (including phenoxy) is 1. The van der Waals surface area contributed by atoms with Crippen LogP contribution in [0.15, 0.2) is 54.6 Å². The maximum Gasteiger partial charge on any atom is 0.249 e. The number of amides is 3. The Hall–Kier alpha value is -3.00. The summed E-state index contributed by atoms with van der Waals surface area (Å²) >= 11 is 1.54. The van der Waals surface area contributed by atoms with Crippen LogP contribution < -0.4 is 15.4 Å². The summed E-state index contributed by atoms with van der Waals surface area (Å²) in [5.41, 5.74) is 1.52. The number of carbonyl (C=O) groups excluding carboxylic acids is 3. The van der Waals surface area contributed by atoms with Gasteiger partial charge in [0.05, 0.1) is 13.5 Å². The van der Waals surface area contributed by atoms with Crippen molar-refractivity contribution in [1.82, 2.24) is 10.2 Å². The average Bonchev–Trinajstić information content (AvgIpc) is 3.01. The number of thioether (sulfide) groups is 1. The van der Waals surface area contributed by atoms with E-state index < -0.39 is 16.8 Å². The number of carbonyl (C=O) groups is 3. The van der Waals surface area contributed by atoms with Crippen molar-refractivity contribution in [1.29, 1.82) is 0 Å². The van der Waals surface area contributed by atoms with Crippen molar-refractivity contribution in [3.63, 3.8) is 0 Å². The van der Waals surface area contributed by atoms with Crippen LogP contribution in [0.2, 0.25) is 0 Å². The minimum Gasteiger partial charge on any atom is -0.497 e. The zero-order chi connectivity index (χ0) is 22.2. The molecule has 31 heavy (non-hydrogen) atoms. The summed E-state index contributed by atoms with van der Waals surface area (Å²) in [5, 5.41) is 5.49. The Morgan fingerprint density at radius 2 is 1.77 bits per heavy atom. The van der Waals surface area contributed by atoms with Crippen molar-refractivity contribution >= 4 is 35.2 Å². The maximum absolute atomic E-state index is 13.1. The van der Waals surface area contributed by atoms with E-state index in [-0.39, 0.29) is 29.5 Å². The summed E-state index contributed by atoms with van der Waals surface area (Å²) in [7, 11) is 1.58. The fourth-order valence-corrected chi connectivity index (χ4v) is 5.69. The Morgan fingerprint density at radius 3 is 2.42 bits per heavy atom. The van der Waals surface area contributed by atoms with Crippen LogP contribution in [-0.2, 0) is 20.8 Å². The van der Waals surface area contributed by atoms with Crippen LogP contribution in [0.4, 0.5) is 5.69 Å². The molecule has 4 rings (SSSR count). The fourth-order valence-electron chi connectivity index (χ4n) is 4.06. The standard InChI is InChI=1S/C23H25N3O4S/c1-23(2)19(20(28)24-15-9-11-16(30-3)12-10-15)26-21(29)18(22(26)31-23)25-17(27)13-14-7-5-4-6-8-14/h4-12,18-19,22H,13H2,1-3H3,(H,24,28)(H,25,27)/t18-,19+,22-/m1/s1. The van der Waals surface area contributed by atoms with E-state index in [9.17, 15) is 14.4 Å². The number of fused-ring (bicyclic) bond motifs is 1. The number of nitrogens with one attached hydrogen (secondary N) is 2. The zero-order valence-electron chi connectivity index (χ0n) is 17.6. The molecule has 7 nitrogen and oxygen atoms in total. The van der Waals surface area contributed by atoms with Crippen molar-refractivity contribution in [2.75, 3.05) is 12.4 Å². The monoisotopic (exact) mass is 439 g/mol. The molecule has 0 unspecified atom stereocenters. The lowest BCUT2D eigenvalue weighted by atomic mass is 9.95. The normalized spacial score (nSPS) is 23.5. The van der Waals surface area contributed by atoms with Gasteiger partial charge >= 0.3 is 0 Å². The number of rotatable bonds is 6. The molecule has 3 amide bonds. The molecule has 2 N–H and O–H groups in total. The van der Waals surface area contributed by atoms with E-state index in [1.54, 1.807) is 48.0 Å². The minimum atomic E-state index is -0.626. The average molecular weight is 440 g/mol. The van der Waals surface area contributed by atoms with Crippen LogP contribution >= 0.6 is 11.8 Å². The van der Waals surface area contributed by atoms with Gasteiger partial charge in [0, 0.05) is 10.4 Å². The number of nitrogens with zero attached hydrogens (tertiary/aromatic N) is 1. The van der Waals surface area contributed by atoms with E-state index in [4.69, 9.17) is 4.74 Å². The van der Waals surface area contributed by atoms with Crippen LogP contribution in [0.25, 0.3) is 0 Å². The van der Waals surface area contributed by atoms with E-state index in [1.165, 1.54) is 0 Å². The number of hydrogen-bond donors (Lipinski definition) is 2. The van der Waals surface area contributed by atoms with Gasteiger partial charge in [-0.2, -0.15) is 0 Å². The second-order valence-electron chi connectivity index (χ2n) is 8.19. The Bertz CT molecular complexity index is 994. The number of methoxy groups -OCH3 is 1. The third kappa shape index (κ3) is 4.12. The molecule has 2 saturated heterocycles. The topological polar surface area (TPSA) is 87.7 Å². The second kappa shape index (κ2) is 8.26. The molecule has 8 heteroatoms. The molecule has 0 spiro atoms. The molecular formula is C23H25N3O4S. The first kappa shape index (κ1) is 21.2. The van der Waals surface area contributed by atoms with Gasteiger partial charge in [0.15, 0.2) is 0 Å². The number of hydrogen-bond acceptors (Lipinski definition) is 5. The van der Waals surface area contributed by atoms with Gasteiger partial charge in [0.2, 0.25) is 17.7 Å². The summed E-state index contributed by atoms with van der Waals surface area (Å²) < 4.78 is 4.65. The lowest BCUT2D eigenvalue weighted by Crippen LogP contribution is -2.71. The molecule has 162 valence electrons. The molecule has 2 aliphatic rings. The first-order chi connectivity index (χ1) is 14.8. The van der Waals surface area contributed by atoms with E-state index in [0.717, 1.165) is 5.56 Å². The smallest absolute Gasteiger partial charge is 0.249 e. The van der Waals surface area contributed by atoms with Crippen molar-refractivity contribution in [2.24, 2.45) is 0 Å². The summed E-state index contributed by atoms with van der Waals surface area (Å²) in [6, 6.07) is 15.2. The van der Waals surface area contributed by atoms with E-state index in [2.05, 4.69) is 10.6 Å². The lowest BCUT2D eigenvalue weighted by molar-refractivity contribution is -0.154. The van der Waals surface area contributed by atoms with Gasteiger partial charge < -0.3 is 20.3 Å². The first-order valence-corrected chi connectivity index (χ1v) is 11.0. The Kier molecular flexibility index (Phi) is 5.66. The highest BCUT2D eigenvalue weighted by Crippen LogP contribution is 2.51. The molecule has 0 radical (unpaired) electrons. The van der Waals surface area contributed by atoms with Gasteiger partial charge in [-0.25, -0.2) is 0 Å². The molecule has 2 aromatic rings. The SMILES string of the molecule is COc1ccc(NC(=O)[C@@H]2N3C(=O)[C@@H](NC(=O)Cc4ccccc4)[C@H]3SC2(C)C)cc1. The van der Waals surface area contributed by atoms with Gasteiger partial charge in [-0.15, -0.1) is 11.8 Å². The molecule has 0 aromatic heterocycles. The van der Waals surface area contributed by atoms with Crippen molar-refractivity contribution in [3.05, 3.63) is 60.2 Å². The number of anilines is 1. The molecule has 0 saturated carbocycles. The van der Waals surface area contributed by atoms with Gasteiger partial charge in [-0.05, 0) is 43.7 Å². The molecule has 2 aliphatic heterocycles. The third-order valence-corrected chi connectivity index (χ3v) is 7.14. The predicted octanol–water partition coefficient (Wildman–Crippen LogP) is 2.42. The van der Waals surface area contributed by atoms with Crippen molar-refractivity contribution in [3.8, 4) is 5.75 Å². The van der Waals surface area contributed by atoms with Crippen LogP contribution in [-0.4, -0.2) is 51.9 Å². The largest absolute Gasteiger partial charge is 0.497 e. The molecule has 2 fully saturated rings. The van der Waals surface area contributed by atoms with Gasteiger partial charge in [-0.3, -0.25) is 14.4 Å². The molecule has 3 atom stereocenters. The zero-order valence-corrected chi connectivity index (χ0v) is 18.4. The van der Waals surface area contributed by atoms with E-state index in [1.807, 2.05) is 44.2 Å². The lowest BCUT2D eigenvalue weighted by Gasteiger charge is -2.44. The van der Waals surface area contributed by atoms with Crippen molar-refractivity contribution < 1.29 is 19.1 Å². The van der Waals surface area contributed by atoms with Gasteiger partial charge in [0.1, 0.15) is 23.2 Å². The second-order valence-corrected chi connectivity index (χ2v) is 9.96. The fraction of sp³-hybridized carbons (Fsp3) is 0.348. The third-order valence-electron chi connectivity index (χ3n) is 5.57. The van der Waals surface area contributed by atoms with Crippen LogP contribution in [0.1, 0.15) is 19.4 Å². The van der Waals surface area contributed by atoms with Crippen LogP contribution in [0.3, 0.4) is 0 Å². The highest BCUT2D eigenvalue weighted by Gasteiger charge is 2.63. The summed E-state index contributed by atoms with van der Waals surface area (Å²) in [6.45, 7) is 3.90. The summed E-state index contributed by atoms with van der Waals surface area (Å²) in [6.07, 6.45) is 0.215. The molecular weight excluding hydrogens is 414 g/mol. The molecule has 2 aromatic carbocycles. The minimum absolute atomic E-state index is 0.200. The number of benzene rings is 2. The summed E-state index contributed by atoms with van der Waals surface area (Å²) in [4.78, 5) is 40.0. The van der Waals surface area contributed by atoms with E-state index in [0.29, 0.717) is 11.4 Å². The highest BCUT2D eigenvalue weighted by molar-refractivity contribution is 8.01. The molecule has 0 bridgehead atoms. The van der Waals surface area contributed by atoms with Crippen LogP contribution in [0.5, 0.6) is 5.75 Å². The maximum atomic E-state index is 13.1. The Balaban J connectivity index is 1.42. The Morgan fingerprint density at radius 1 is 1.10 bits per heavy atom. The van der Waals surface area contributed by atoms with Gasteiger partial charge in [-0.1, -0.05) is 30.3 Å². The van der Waals surface area contributed by atoms with Crippen molar-refractivity contribution in [2.45, 2.75) is 42.5 Å². The Labute approximate surface area is 185 Å². The first-order valence-electron chi connectivity index (χ1n) is 10.1. The highest BCUT2D eigenvalue weighted by atomic mass is 32.2. The quantitative estimate of drug-likeness (QED) is 0.675. The summed E-state index contributed by atoms with van der Waals surface area (Å²) in [5.74, 6) is 0.0301. The molecule has 2 heterocycles. The van der Waals surface area contributed by atoms with Crippen LogP contribution in [0, 0.1) is 0 Å². The van der Waals surface area contributed by atoms with Gasteiger partial charge in [0.25, 0.3) is 0 Å². The van der Waals surface area contributed by atoms with E-state index >= 15 is 0 Å². The predicted molar refractivity (Wildman–Crippen MR) is 120 cm³/mol. The molecule has 0 aliphatic carbocycles.